The van der Waals surface area contributed by atoms with E-state index < -0.39 is 0 Å². The highest BCUT2D eigenvalue weighted by Crippen LogP contribution is 2.41. The molecule has 2 fully saturated rings. The van der Waals surface area contributed by atoms with E-state index >= 15 is 0 Å². The van der Waals surface area contributed by atoms with Crippen LogP contribution in [0.1, 0.15) is 48.4 Å². The molecule has 1 aromatic heterocycles. The van der Waals surface area contributed by atoms with Gasteiger partial charge in [0.1, 0.15) is 5.76 Å². The van der Waals surface area contributed by atoms with Gasteiger partial charge in [0, 0.05) is 18.4 Å². The molecule has 2 heterocycles. The molecule has 1 saturated carbocycles. The monoisotopic (exact) mass is 192 g/mol. The maximum Gasteiger partial charge on any atom is 0.197 e. The first-order chi connectivity index (χ1) is 6.84. The summed E-state index contributed by atoms with van der Waals surface area (Å²) < 4.78 is 5.71. The largest absolute Gasteiger partial charge is 0.445 e. The molecule has 1 aliphatic carbocycles. The van der Waals surface area contributed by atoms with E-state index in [-0.39, 0.29) is 0 Å². The molecule has 1 aromatic rings. The van der Waals surface area contributed by atoms with E-state index in [1.165, 1.54) is 25.0 Å². The van der Waals surface area contributed by atoms with Gasteiger partial charge in [-0.05, 0) is 32.7 Å². The van der Waals surface area contributed by atoms with E-state index in [1.54, 1.807) is 0 Å². The van der Waals surface area contributed by atoms with Gasteiger partial charge in [-0.1, -0.05) is 0 Å². The second-order valence-electron chi connectivity index (χ2n) is 4.46. The molecule has 0 radical (unpaired) electrons. The number of aryl methyl sites for hydroxylation is 1. The predicted octanol–water partition coefficient (Wildman–Crippen LogP) is 1.94. The molecule has 1 atom stereocenters. The summed E-state index contributed by atoms with van der Waals surface area (Å²) in [5.74, 6) is 3.26. The lowest BCUT2D eigenvalue weighted by Crippen LogP contribution is -2.08. The zero-order valence-electron chi connectivity index (χ0n) is 8.55. The van der Waals surface area contributed by atoms with Gasteiger partial charge in [-0.25, -0.2) is 4.98 Å². The Morgan fingerprint density at radius 2 is 2.14 bits per heavy atom. The second kappa shape index (κ2) is 3.09. The third kappa shape index (κ3) is 1.36. The van der Waals surface area contributed by atoms with Crippen molar-refractivity contribution >= 4 is 0 Å². The average molecular weight is 192 g/mol. The number of nitrogens with zero attached hydrogens (tertiary/aromatic N) is 1. The van der Waals surface area contributed by atoms with Crippen LogP contribution in [0.4, 0.5) is 0 Å². The number of oxazole rings is 1. The van der Waals surface area contributed by atoms with Crippen LogP contribution in [0.15, 0.2) is 4.42 Å². The lowest BCUT2D eigenvalue weighted by atomic mass is 10.0. The Morgan fingerprint density at radius 3 is 2.79 bits per heavy atom. The first-order valence-corrected chi connectivity index (χ1v) is 5.52. The van der Waals surface area contributed by atoms with Crippen LogP contribution in [-0.4, -0.2) is 18.1 Å². The van der Waals surface area contributed by atoms with Crippen LogP contribution in [0.2, 0.25) is 0 Å². The van der Waals surface area contributed by atoms with E-state index in [0.29, 0.717) is 11.8 Å². The highest BCUT2D eigenvalue weighted by Gasteiger charge is 2.31. The fourth-order valence-electron chi connectivity index (χ4n) is 2.20. The minimum absolute atomic E-state index is 0.589. The molecule has 0 bridgehead atoms. The Balaban J connectivity index is 1.88. The zero-order valence-corrected chi connectivity index (χ0v) is 8.55. The van der Waals surface area contributed by atoms with Gasteiger partial charge in [-0.3, -0.25) is 0 Å². The minimum Gasteiger partial charge on any atom is -0.445 e. The van der Waals surface area contributed by atoms with Crippen molar-refractivity contribution in [3.8, 4) is 0 Å². The Hall–Kier alpha value is -0.830. The zero-order chi connectivity index (χ0) is 9.54. The Labute approximate surface area is 83.9 Å². The summed E-state index contributed by atoms with van der Waals surface area (Å²) in [6, 6.07) is 0. The lowest BCUT2D eigenvalue weighted by Gasteiger charge is -2.03. The molecule has 3 rings (SSSR count). The Bertz CT molecular complexity index is 335. The standard InChI is InChI=1S/C11H16N2O/c1-7-10(9-4-5-12-6-9)13-11(14-7)8-2-3-8/h8-9,12H,2-6H2,1H3. The fraction of sp³-hybridized carbons (Fsp3) is 0.727. The lowest BCUT2D eigenvalue weighted by molar-refractivity contribution is 0.471. The fourth-order valence-corrected chi connectivity index (χ4v) is 2.20. The molecule has 3 heteroatoms. The van der Waals surface area contributed by atoms with Crippen molar-refractivity contribution in [2.45, 2.75) is 38.0 Å². The molecule has 1 aliphatic heterocycles. The smallest absolute Gasteiger partial charge is 0.197 e. The van der Waals surface area contributed by atoms with Gasteiger partial charge in [0.25, 0.3) is 0 Å². The van der Waals surface area contributed by atoms with Crippen molar-refractivity contribution in [3.05, 3.63) is 17.3 Å². The van der Waals surface area contributed by atoms with Crippen LogP contribution in [0.5, 0.6) is 0 Å². The minimum atomic E-state index is 0.589. The molecule has 1 unspecified atom stereocenters. The van der Waals surface area contributed by atoms with E-state index in [4.69, 9.17) is 4.42 Å². The quantitative estimate of drug-likeness (QED) is 0.778. The molecule has 3 nitrogen and oxygen atoms in total. The van der Waals surface area contributed by atoms with Gasteiger partial charge in [0.15, 0.2) is 5.89 Å². The number of aromatic nitrogens is 1. The maximum atomic E-state index is 5.71. The summed E-state index contributed by atoms with van der Waals surface area (Å²) in [5, 5.41) is 3.37. The highest BCUT2D eigenvalue weighted by atomic mass is 16.4. The maximum absolute atomic E-state index is 5.71. The second-order valence-corrected chi connectivity index (χ2v) is 4.46. The van der Waals surface area contributed by atoms with Crippen LogP contribution in [0.25, 0.3) is 0 Å². The van der Waals surface area contributed by atoms with Crippen molar-refractivity contribution in [1.29, 1.82) is 0 Å². The van der Waals surface area contributed by atoms with Crippen LogP contribution >= 0.6 is 0 Å². The third-order valence-corrected chi connectivity index (χ3v) is 3.22. The van der Waals surface area contributed by atoms with Crippen molar-refractivity contribution in [2.75, 3.05) is 13.1 Å². The summed E-state index contributed by atoms with van der Waals surface area (Å²) in [4.78, 5) is 4.65. The Morgan fingerprint density at radius 1 is 1.29 bits per heavy atom. The summed E-state index contributed by atoms with van der Waals surface area (Å²) >= 11 is 0. The molecule has 14 heavy (non-hydrogen) atoms. The first-order valence-electron chi connectivity index (χ1n) is 5.52. The van der Waals surface area contributed by atoms with Crippen LogP contribution in [0.3, 0.4) is 0 Å². The van der Waals surface area contributed by atoms with Gasteiger partial charge < -0.3 is 9.73 Å². The Kier molecular flexibility index (Phi) is 1.87. The summed E-state index contributed by atoms with van der Waals surface area (Å²) in [6.07, 6.45) is 3.74. The molecule has 1 N–H and O–H groups in total. The number of hydrogen-bond donors (Lipinski definition) is 1. The van der Waals surface area contributed by atoms with Crippen LogP contribution in [-0.2, 0) is 0 Å². The average Bonchev–Trinajstić information content (AvgIpc) is 2.75. The molecule has 2 aliphatic rings. The molecule has 0 aromatic carbocycles. The van der Waals surface area contributed by atoms with E-state index in [0.717, 1.165) is 24.7 Å². The van der Waals surface area contributed by atoms with Gasteiger partial charge in [-0.15, -0.1) is 0 Å². The van der Waals surface area contributed by atoms with Crippen molar-refractivity contribution in [2.24, 2.45) is 0 Å². The van der Waals surface area contributed by atoms with Crippen molar-refractivity contribution in [3.63, 3.8) is 0 Å². The SMILES string of the molecule is Cc1oc(C2CC2)nc1C1CCNC1. The van der Waals surface area contributed by atoms with Crippen LogP contribution in [0, 0.1) is 6.92 Å². The topological polar surface area (TPSA) is 38.1 Å². The van der Waals surface area contributed by atoms with E-state index in [9.17, 15) is 0 Å². The molecule has 1 saturated heterocycles. The summed E-state index contributed by atoms with van der Waals surface area (Å²) in [5.41, 5.74) is 1.21. The molecule has 0 amide bonds. The number of nitrogens with one attached hydrogen (secondary N) is 1. The molecular formula is C11H16N2O. The molecular weight excluding hydrogens is 176 g/mol. The normalized spacial score (nSPS) is 27.1. The third-order valence-electron chi connectivity index (χ3n) is 3.22. The number of hydrogen-bond acceptors (Lipinski definition) is 3. The number of rotatable bonds is 2. The first kappa shape index (κ1) is 8.48. The van der Waals surface area contributed by atoms with Gasteiger partial charge in [-0.2, -0.15) is 0 Å². The van der Waals surface area contributed by atoms with Crippen LogP contribution < -0.4 is 5.32 Å². The van der Waals surface area contributed by atoms with Gasteiger partial charge in [0.05, 0.1) is 5.69 Å². The predicted molar refractivity (Wildman–Crippen MR) is 53.4 cm³/mol. The van der Waals surface area contributed by atoms with E-state index in [1.807, 2.05) is 6.92 Å². The van der Waals surface area contributed by atoms with E-state index in [2.05, 4.69) is 10.3 Å². The van der Waals surface area contributed by atoms with Gasteiger partial charge in [0.2, 0.25) is 0 Å². The molecule has 0 spiro atoms. The highest BCUT2D eigenvalue weighted by molar-refractivity contribution is 5.18. The molecule has 76 valence electrons. The summed E-state index contributed by atoms with van der Waals surface area (Å²) in [7, 11) is 0. The summed E-state index contributed by atoms with van der Waals surface area (Å²) in [6.45, 7) is 4.24. The van der Waals surface area contributed by atoms with Crippen molar-refractivity contribution < 1.29 is 4.42 Å². The van der Waals surface area contributed by atoms with Gasteiger partial charge >= 0.3 is 0 Å². The van der Waals surface area contributed by atoms with Crippen molar-refractivity contribution in [1.82, 2.24) is 10.3 Å².